The molecule has 1 aliphatic carbocycles. The van der Waals surface area contributed by atoms with Crippen LogP contribution in [0.5, 0.6) is 0 Å². The van der Waals surface area contributed by atoms with Crippen molar-refractivity contribution in [3.63, 3.8) is 0 Å². The second-order valence-electron chi connectivity index (χ2n) is 4.60. The lowest BCUT2D eigenvalue weighted by molar-refractivity contribution is -0.163. The summed E-state index contributed by atoms with van der Waals surface area (Å²) < 4.78 is 50.1. The van der Waals surface area contributed by atoms with Crippen LogP contribution in [0.15, 0.2) is 0 Å². The number of halogens is 4. The molecule has 2 rings (SSSR count). The highest BCUT2D eigenvalue weighted by atomic mass is 32.1. The summed E-state index contributed by atoms with van der Waals surface area (Å²) in [6.45, 7) is 0. The SMILES string of the molecule is O=C(O)c1c(NC(=O)C(F)(F)C(F)F)sc2c1CCCC2. The van der Waals surface area contributed by atoms with Crippen LogP contribution < -0.4 is 5.32 Å². The van der Waals surface area contributed by atoms with E-state index in [1.807, 2.05) is 0 Å². The van der Waals surface area contributed by atoms with Crippen LogP contribution in [0, 0.1) is 0 Å². The van der Waals surface area contributed by atoms with Crippen molar-refractivity contribution >= 4 is 28.2 Å². The molecule has 0 fully saturated rings. The summed E-state index contributed by atoms with van der Waals surface area (Å²) in [6.07, 6.45) is -1.52. The van der Waals surface area contributed by atoms with Crippen LogP contribution in [-0.2, 0) is 17.6 Å². The molecule has 0 unspecified atom stereocenters. The Hall–Kier alpha value is -1.64. The van der Waals surface area contributed by atoms with Gasteiger partial charge in [-0.15, -0.1) is 11.3 Å². The number of aromatic carboxylic acids is 1. The molecule has 1 amide bonds. The van der Waals surface area contributed by atoms with Gasteiger partial charge in [0.2, 0.25) is 0 Å². The standard InChI is InChI=1S/C12H11F4NO3S/c13-10(14)12(15,16)11(20)17-8-7(9(18)19)5-3-1-2-4-6(5)21-8/h10H,1-4H2,(H,17,20)(H,18,19). The lowest BCUT2D eigenvalue weighted by Gasteiger charge is -2.14. The lowest BCUT2D eigenvalue weighted by Crippen LogP contribution is -2.41. The third-order valence-electron chi connectivity index (χ3n) is 3.19. The Labute approximate surface area is 120 Å². The van der Waals surface area contributed by atoms with Gasteiger partial charge in [-0.25, -0.2) is 13.6 Å². The van der Waals surface area contributed by atoms with Crippen molar-refractivity contribution in [3.05, 3.63) is 16.0 Å². The minimum absolute atomic E-state index is 0.270. The first-order chi connectivity index (χ1) is 9.75. The van der Waals surface area contributed by atoms with Gasteiger partial charge in [0, 0.05) is 4.88 Å². The third-order valence-corrected chi connectivity index (χ3v) is 4.40. The minimum Gasteiger partial charge on any atom is -0.478 e. The molecule has 1 aromatic heterocycles. The summed E-state index contributed by atoms with van der Waals surface area (Å²) in [5.74, 6) is -8.43. The van der Waals surface area contributed by atoms with E-state index in [4.69, 9.17) is 5.11 Å². The number of fused-ring (bicyclic) bond motifs is 1. The van der Waals surface area contributed by atoms with E-state index in [0.29, 0.717) is 23.3 Å². The lowest BCUT2D eigenvalue weighted by atomic mass is 9.95. The largest absolute Gasteiger partial charge is 0.478 e. The molecule has 4 nitrogen and oxygen atoms in total. The van der Waals surface area contributed by atoms with E-state index >= 15 is 0 Å². The maximum absolute atomic E-state index is 12.9. The van der Waals surface area contributed by atoms with E-state index in [0.717, 1.165) is 24.2 Å². The molecule has 2 N–H and O–H groups in total. The van der Waals surface area contributed by atoms with Crippen molar-refractivity contribution in [3.8, 4) is 0 Å². The zero-order chi connectivity index (χ0) is 15.8. The average Bonchev–Trinajstić information content (AvgIpc) is 2.76. The molecule has 0 spiro atoms. The van der Waals surface area contributed by atoms with Crippen molar-refractivity contribution in [2.45, 2.75) is 38.0 Å². The van der Waals surface area contributed by atoms with Gasteiger partial charge in [0.05, 0.1) is 5.56 Å². The Kier molecular flexibility index (Phi) is 4.22. The number of hydrogen-bond donors (Lipinski definition) is 2. The first-order valence-corrected chi connectivity index (χ1v) is 6.92. The third kappa shape index (κ3) is 2.87. The molecule has 0 aromatic carbocycles. The van der Waals surface area contributed by atoms with Gasteiger partial charge < -0.3 is 10.4 Å². The van der Waals surface area contributed by atoms with Gasteiger partial charge in [-0.2, -0.15) is 8.78 Å². The molecule has 0 saturated carbocycles. The Morgan fingerprint density at radius 2 is 1.86 bits per heavy atom. The molecule has 0 bridgehead atoms. The molecule has 0 radical (unpaired) electrons. The van der Waals surface area contributed by atoms with Crippen LogP contribution in [0.2, 0.25) is 0 Å². The summed E-state index contributed by atoms with van der Waals surface area (Å²) in [6, 6.07) is 0. The molecule has 1 aromatic rings. The number of carbonyl (C=O) groups is 2. The Balaban J connectivity index is 2.34. The molecular weight excluding hydrogens is 314 g/mol. The van der Waals surface area contributed by atoms with E-state index in [9.17, 15) is 27.2 Å². The van der Waals surface area contributed by atoms with Gasteiger partial charge in [-0.1, -0.05) is 0 Å². The van der Waals surface area contributed by atoms with Gasteiger partial charge in [-0.05, 0) is 31.2 Å². The van der Waals surface area contributed by atoms with E-state index < -0.39 is 24.2 Å². The number of carbonyl (C=O) groups excluding carboxylic acids is 1. The smallest absolute Gasteiger partial charge is 0.383 e. The van der Waals surface area contributed by atoms with Crippen molar-refractivity contribution in [1.29, 1.82) is 0 Å². The maximum atomic E-state index is 12.9. The number of alkyl halides is 4. The van der Waals surface area contributed by atoms with Crippen LogP contribution in [0.3, 0.4) is 0 Å². The van der Waals surface area contributed by atoms with Crippen LogP contribution >= 0.6 is 11.3 Å². The zero-order valence-corrected chi connectivity index (χ0v) is 11.4. The van der Waals surface area contributed by atoms with Gasteiger partial charge >= 0.3 is 24.2 Å². The number of rotatable bonds is 4. The highest BCUT2D eigenvalue weighted by molar-refractivity contribution is 7.17. The number of amides is 1. The molecule has 9 heteroatoms. The van der Waals surface area contributed by atoms with Gasteiger partial charge in [0.1, 0.15) is 5.00 Å². The molecule has 21 heavy (non-hydrogen) atoms. The fourth-order valence-electron chi connectivity index (χ4n) is 2.17. The summed E-state index contributed by atoms with van der Waals surface area (Å²) in [5, 5.41) is 10.5. The predicted molar refractivity (Wildman–Crippen MR) is 67.5 cm³/mol. The average molecular weight is 325 g/mol. The summed E-state index contributed by atoms with van der Waals surface area (Å²) >= 11 is 0.855. The van der Waals surface area contributed by atoms with E-state index in [1.54, 1.807) is 5.32 Å². The van der Waals surface area contributed by atoms with Gasteiger partial charge in [-0.3, -0.25) is 4.79 Å². The second-order valence-corrected chi connectivity index (χ2v) is 5.70. The van der Waals surface area contributed by atoms with Crippen LogP contribution in [0.4, 0.5) is 22.6 Å². The number of carboxylic acids is 1. The topological polar surface area (TPSA) is 66.4 Å². The molecule has 0 atom stereocenters. The van der Waals surface area contributed by atoms with Crippen molar-refractivity contribution < 1.29 is 32.3 Å². The number of thiophene rings is 1. The molecule has 0 saturated heterocycles. The fraction of sp³-hybridized carbons (Fsp3) is 0.500. The van der Waals surface area contributed by atoms with E-state index in [1.165, 1.54) is 0 Å². The van der Waals surface area contributed by atoms with Crippen molar-refractivity contribution in [1.82, 2.24) is 0 Å². The predicted octanol–water partition coefficient (Wildman–Crippen LogP) is 3.16. The monoisotopic (exact) mass is 325 g/mol. The Morgan fingerprint density at radius 1 is 1.24 bits per heavy atom. The van der Waals surface area contributed by atoms with E-state index in [2.05, 4.69) is 0 Å². The number of carboxylic acid groups (broad SMARTS) is 1. The fourth-order valence-corrected chi connectivity index (χ4v) is 3.44. The molecule has 1 aliphatic rings. The molecular formula is C12H11F4NO3S. The van der Waals surface area contributed by atoms with Gasteiger partial charge in [0.25, 0.3) is 0 Å². The number of anilines is 1. The van der Waals surface area contributed by atoms with Crippen LogP contribution in [0.1, 0.15) is 33.6 Å². The number of aryl methyl sites for hydroxylation is 1. The highest BCUT2D eigenvalue weighted by Crippen LogP contribution is 2.39. The van der Waals surface area contributed by atoms with Crippen LogP contribution in [-0.4, -0.2) is 29.3 Å². The number of hydrogen-bond acceptors (Lipinski definition) is 3. The summed E-state index contributed by atoms with van der Waals surface area (Å²) in [7, 11) is 0. The van der Waals surface area contributed by atoms with Crippen molar-refractivity contribution in [2.24, 2.45) is 0 Å². The van der Waals surface area contributed by atoms with Crippen molar-refractivity contribution in [2.75, 3.05) is 5.32 Å². The normalized spacial score (nSPS) is 14.9. The Bertz CT molecular complexity index is 585. The minimum atomic E-state index is -4.86. The summed E-state index contributed by atoms with van der Waals surface area (Å²) in [4.78, 5) is 23.2. The Morgan fingerprint density at radius 3 is 2.43 bits per heavy atom. The van der Waals surface area contributed by atoms with Crippen LogP contribution in [0.25, 0.3) is 0 Å². The molecule has 1 heterocycles. The number of nitrogens with one attached hydrogen (secondary N) is 1. The summed E-state index contributed by atoms with van der Waals surface area (Å²) in [5.41, 5.74) is 0.225. The molecule has 116 valence electrons. The highest BCUT2D eigenvalue weighted by Gasteiger charge is 2.49. The first kappa shape index (κ1) is 15.7. The molecule has 0 aliphatic heterocycles. The second kappa shape index (κ2) is 5.63. The van der Waals surface area contributed by atoms with Gasteiger partial charge in [0.15, 0.2) is 0 Å². The zero-order valence-electron chi connectivity index (χ0n) is 10.6. The first-order valence-electron chi connectivity index (χ1n) is 6.10. The van der Waals surface area contributed by atoms with E-state index in [-0.39, 0.29) is 10.6 Å². The quantitative estimate of drug-likeness (QED) is 0.836. The maximum Gasteiger partial charge on any atom is 0.383 e.